The average Bonchev–Trinajstić information content (AvgIpc) is 3.40. The first-order chi connectivity index (χ1) is 14.1. The normalized spacial score (nSPS) is 23.8. The summed E-state index contributed by atoms with van der Waals surface area (Å²) in [5.41, 5.74) is 0.246. The fraction of sp³-hybridized carbons (Fsp3) is 0.409. The summed E-state index contributed by atoms with van der Waals surface area (Å²) in [6, 6.07) is 12.2. The molecule has 150 valence electrons. The van der Waals surface area contributed by atoms with E-state index in [9.17, 15) is 20.0 Å². The number of nitriles is 1. The van der Waals surface area contributed by atoms with Gasteiger partial charge in [0, 0.05) is 18.0 Å². The molecule has 2 aliphatic rings. The Morgan fingerprint density at radius 2 is 1.97 bits per heavy atom. The number of hydrogen-bond acceptors (Lipinski definition) is 5. The van der Waals surface area contributed by atoms with Crippen LogP contribution in [0.5, 0.6) is 5.75 Å². The largest absolute Gasteiger partial charge is 0.491 e. The van der Waals surface area contributed by atoms with Crippen molar-refractivity contribution in [1.82, 2.24) is 10.2 Å². The number of fused-ring (bicyclic) bond motifs is 1. The molecule has 2 aromatic carbocycles. The summed E-state index contributed by atoms with van der Waals surface area (Å²) >= 11 is 0. The van der Waals surface area contributed by atoms with Gasteiger partial charge in [0.05, 0.1) is 17.7 Å². The summed E-state index contributed by atoms with van der Waals surface area (Å²) in [5, 5.41) is 23.3. The maximum absolute atomic E-state index is 12.7. The lowest BCUT2D eigenvalue weighted by molar-refractivity contribution is -0.133. The molecule has 2 N–H and O–H groups in total. The van der Waals surface area contributed by atoms with Crippen LogP contribution < -0.4 is 10.1 Å². The van der Waals surface area contributed by atoms with Crippen LogP contribution in [0.1, 0.15) is 36.0 Å². The highest BCUT2D eigenvalue weighted by molar-refractivity contribution is 6.05. The molecule has 2 aromatic rings. The van der Waals surface area contributed by atoms with Crippen LogP contribution in [0.3, 0.4) is 0 Å². The summed E-state index contributed by atoms with van der Waals surface area (Å²) in [4.78, 5) is 25.9. The van der Waals surface area contributed by atoms with Gasteiger partial charge in [-0.25, -0.2) is 4.79 Å². The van der Waals surface area contributed by atoms with Gasteiger partial charge in [-0.15, -0.1) is 0 Å². The third-order valence-corrected chi connectivity index (χ3v) is 5.78. The van der Waals surface area contributed by atoms with Crippen LogP contribution in [0.15, 0.2) is 36.4 Å². The molecule has 1 amide bonds. The van der Waals surface area contributed by atoms with Gasteiger partial charge in [0.2, 0.25) is 5.91 Å². The van der Waals surface area contributed by atoms with Gasteiger partial charge in [-0.05, 0) is 43.2 Å². The number of carboxylic acid groups (broad SMARTS) is 1. The highest BCUT2D eigenvalue weighted by atomic mass is 16.5. The highest BCUT2D eigenvalue weighted by Gasteiger charge is 2.37. The van der Waals surface area contributed by atoms with Crippen molar-refractivity contribution >= 4 is 22.6 Å². The Morgan fingerprint density at radius 3 is 2.72 bits per heavy atom. The molecule has 2 fully saturated rings. The molecule has 3 atom stereocenters. The lowest BCUT2D eigenvalue weighted by atomic mass is 10.0. The number of rotatable bonds is 5. The van der Waals surface area contributed by atoms with E-state index in [1.165, 1.54) is 0 Å². The third kappa shape index (κ3) is 3.76. The molecule has 0 aliphatic carbocycles. The van der Waals surface area contributed by atoms with Crippen LogP contribution in [-0.4, -0.2) is 53.2 Å². The number of carbonyl (C=O) groups is 2. The van der Waals surface area contributed by atoms with E-state index < -0.39 is 5.97 Å². The van der Waals surface area contributed by atoms with E-state index in [1.54, 1.807) is 29.2 Å². The van der Waals surface area contributed by atoms with Gasteiger partial charge in [-0.2, -0.15) is 5.26 Å². The number of carboxylic acids is 1. The van der Waals surface area contributed by atoms with E-state index in [-0.39, 0.29) is 29.6 Å². The fourth-order valence-electron chi connectivity index (χ4n) is 4.28. The van der Waals surface area contributed by atoms with Gasteiger partial charge in [0.25, 0.3) is 0 Å². The van der Waals surface area contributed by atoms with Crippen molar-refractivity contribution in [2.24, 2.45) is 0 Å². The Morgan fingerprint density at radius 1 is 1.17 bits per heavy atom. The van der Waals surface area contributed by atoms with Crippen molar-refractivity contribution in [3.8, 4) is 11.8 Å². The second-order valence-electron chi connectivity index (χ2n) is 7.59. The minimum atomic E-state index is -0.968. The number of benzene rings is 2. The van der Waals surface area contributed by atoms with Gasteiger partial charge in [-0.3, -0.25) is 10.1 Å². The number of amides is 1. The number of likely N-dealkylation sites (tertiary alicyclic amines) is 1. The van der Waals surface area contributed by atoms with Crippen LogP contribution in [0.25, 0.3) is 10.8 Å². The summed E-state index contributed by atoms with van der Waals surface area (Å²) in [6.45, 7) is 1.04. The smallest absolute Gasteiger partial charge is 0.336 e. The zero-order valence-electron chi connectivity index (χ0n) is 16.0. The number of hydrogen-bond donors (Lipinski definition) is 2. The highest BCUT2D eigenvalue weighted by Crippen LogP contribution is 2.29. The second-order valence-corrected chi connectivity index (χ2v) is 7.59. The topological polar surface area (TPSA) is 103 Å². The van der Waals surface area contributed by atoms with Crippen LogP contribution in [0, 0.1) is 11.3 Å². The predicted octanol–water partition coefficient (Wildman–Crippen LogP) is 2.55. The molecule has 0 radical (unpaired) electrons. The second kappa shape index (κ2) is 8.10. The summed E-state index contributed by atoms with van der Waals surface area (Å²) < 4.78 is 6.00. The van der Waals surface area contributed by atoms with E-state index in [2.05, 4.69) is 11.4 Å². The third-order valence-electron chi connectivity index (χ3n) is 5.78. The molecule has 0 aromatic heterocycles. The van der Waals surface area contributed by atoms with Crippen LogP contribution in [0.2, 0.25) is 0 Å². The molecule has 2 saturated heterocycles. The molecule has 2 heterocycles. The maximum atomic E-state index is 12.7. The summed E-state index contributed by atoms with van der Waals surface area (Å²) in [6.07, 6.45) is 3.16. The number of nitrogens with one attached hydrogen (secondary N) is 1. The Balaban J connectivity index is 1.41. The van der Waals surface area contributed by atoms with Gasteiger partial charge in [0.1, 0.15) is 18.4 Å². The Bertz CT molecular complexity index is 984. The Hall–Kier alpha value is -3.11. The molecule has 0 saturated carbocycles. The monoisotopic (exact) mass is 393 g/mol. The summed E-state index contributed by atoms with van der Waals surface area (Å²) in [5.74, 6) is -0.330. The predicted molar refractivity (Wildman–Crippen MR) is 107 cm³/mol. The van der Waals surface area contributed by atoms with Crippen molar-refractivity contribution in [2.45, 2.75) is 43.8 Å². The zero-order chi connectivity index (χ0) is 20.4. The molecule has 0 bridgehead atoms. The molecule has 0 unspecified atom stereocenters. The average molecular weight is 393 g/mol. The van der Waals surface area contributed by atoms with Crippen molar-refractivity contribution in [2.75, 3.05) is 13.2 Å². The first-order valence-electron chi connectivity index (χ1n) is 9.92. The van der Waals surface area contributed by atoms with Gasteiger partial charge < -0.3 is 14.7 Å². The maximum Gasteiger partial charge on any atom is 0.336 e. The lowest BCUT2D eigenvalue weighted by Crippen LogP contribution is -2.47. The Labute approximate surface area is 168 Å². The summed E-state index contributed by atoms with van der Waals surface area (Å²) in [7, 11) is 0. The number of aromatic carboxylic acids is 1. The number of nitrogens with zero attached hydrogens (tertiary/aromatic N) is 2. The van der Waals surface area contributed by atoms with Crippen LogP contribution in [-0.2, 0) is 4.79 Å². The molecular formula is C22H23N3O4. The van der Waals surface area contributed by atoms with Crippen molar-refractivity contribution in [3.05, 3.63) is 42.0 Å². The number of ether oxygens (including phenoxy) is 1. The van der Waals surface area contributed by atoms with Gasteiger partial charge in [0.15, 0.2) is 0 Å². The Kier molecular flexibility index (Phi) is 5.36. The molecule has 29 heavy (non-hydrogen) atoms. The van der Waals surface area contributed by atoms with E-state index in [0.717, 1.165) is 31.1 Å². The zero-order valence-corrected chi connectivity index (χ0v) is 16.0. The first kappa shape index (κ1) is 19.2. The van der Waals surface area contributed by atoms with E-state index in [0.29, 0.717) is 24.3 Å². The van der Waals surface area contributed by atoms with E-state index >= 15 is 0 Å². The lowest BCUT2D eigenvalue weighted by Gasteiger charge is -2.24. The molecule has 2 aliphatic heterocycles. The number of carbonyl (C=O) groups excluding carboxylic acids is 1. The quantitative estimate of drug-likeness (QED) is 0.809. The minimum Gasteiger partial charge on any atom is -0.491 e. The minimum absolute atomic E-state index is 0.00723. The van der Waals surface area contributed by atoms with Crippen molar-refractivity contribution in [3.63, 3.8) is 0 Å². The van der Waals surface area contributed by atoms with Gasteiger partial charge in [-0.1, -0.05) is 24.3 Å². The molecule has 4 rings (SSSR count). The van der Waals surface area contributed by atoms with Crippen molar-refractivity contribution < 1.29 is 19.4 Å². The molecule has 7 nitrogen and oxygen atoms in total. The van der Waals surface area contributed by atoms with E-state index in [4.69, 9.17) is 4.74 Å². The van der Waals surface area contributed by atoms with Crippen molar-refractivity contribution in [1.29, 1.82) is 5.26 Å². The van der Waals surface area contributed by atoms with Crippen LogP contribution in [0.4, 0.5) is 0 Å². The molecule has 0 spiro atoms. The SMILES string of the molecule is N#C[C@@H]1CCCN1C(=O)[C@H]1CC[C@H](COc2ccc(C(=O)O)c3ccccc23)N1. The molecular weight excluding hydrogens is 370 g/mol. The van der Waals surface area contributed by atoms with E-state index in [1.807, 2.05) is 12.1 Å². The fourth-order valence-corrected chi connectivity index (χ4v) is 4.28. The standard InChI is InChI=1S/C22H23N3O4/c23-12-15-4-3-11-25(15)21(26)19-9-7-14(24-19)13-29-20-10-8-18(22(27)28)16-5-1-2-6-17(16)20/h1-2,5-6,8,10,14-15,19,24H,3-4,7,9,11,13H2,(H,27,28)/t14-,15+,19-/m1/s1. The molecule has 7 heteroatoms. The van der Waals surface area contributed by atoms with Gasteiger partial charge >= 0.3 is 5.97 Å². The van der Waals surface area contributed by atoms with Crippen LogP contribution >= 0.6 is 0 Å². The first-order valence-corrected chi connectivity index (χ1v) is 9.92.